The summed E-state index contributed by atoms with van der Waals surface area (Å²) in [5.74, 6) is -3.70. The van der Waals surface area contributed by atoms with E-state index in [9.17, 15) is 19.5 Å². The number of aromatic hydroxyl groups is 1. The van der Waals surface area contributed by atoms with Crippen molar-refractivity contribution in [2.75, 3.05) is 13.7 Å². The van der Waals surface area contributed by atoms with Gasteiger partial charge in [-0.3, -0.25) is 14.4 Å². The summed E-state index contributed by atoms with van der Waals surface area (Å²) >= 11 is 0. The zero-order chi connectivity index (χ0) is 22.1. The fraction of sp³-hybridized carbons (Fsp3) is 0.320. The Bertz CT molecular complexity index is 1030. The molecule has 1 amide bonds. The van der Waals surface area contributed by atoms with Gasteiger partial charge in [0.2, 0.25) is 5.91 Å². The van der Waals surface area contributed by atoms with Crippen molar-refractivity contribution in [1.29, 1.82) is 0 Å². The molecule has 3 aliphatic rings. The molecule has 4 unspecified atom stereocenters. The summed E-state index contributed by atoms with van der Waals surface area (Å²) in [6, 6.07) is 14.5. The average Bonchev–Trinajstić information content (AvgIpc) is 2.77. The van der Waals surface area contributed by atoms with Gasteiger partial charge in [-0.05, 0) is 28.8 Å². The highest BCUT2D eigenvalue weighted by Crippen LogP contribution is 2.55. The van der Waals surface area contributed by atoms with Gasteiger partial charge in [-0.2, -0.15) is 0 Å². The minimum atomic E-state index is -0.925. The number of esters is 1. The first-order chi connectivity index (χ1) is 14.9. The number of ether oxygens (including phenoxy) is 1. The predicted octanol–water partition coefficient (Wildman–Crippen LogP) is 3.17. The van der Waals surface area contributed by atoms with Crippen LogP contribution in [0.1, 0.15) is 34.9 Å². The Morgan fingerprint density at radius 3 is 2.61 bits per heavy atom. The monoisotopic (exact) mass is 419 g/mol. The Morgan fingerprint density at radius 2 is 1.90 bits per heavy atom. The summed E-state index contributed by atoms with van der Waals surface area (Å²) in [4.78, 5) is 41.2. The van der Waals surface area contributed by atoms with Crippen LogP contribution in [-0.4, -0.2) is 41.3 Å². The van der Waals surface area contributed by atoms with Crippen LogP contribution in [-0.2, 0) is 25.7 Å². The smallest absolute Gasteiger partial charge is 0.311 e. The quantitative estimate of drug-likeness (QED) is 0.574. The number of rotatable bonds is 6. The lowest BCUT2D eigenvalue weighted by molar-refractivity contribution is -0.161. The molecule has 1 saturated carbocycles. The molecule has 3 aliphatic carbocycles. The zero-order valence-electron chi connectivity index (χ0n) is 17.4. The van der Waals surface area contributed by atoms with E-state index in [1.165, 1.54) is 12.1 Å². The van der Waals surface area contributed by atoms with E-state index in [0.29, 0.717) is 12.1 Å². The highest BCUT2D eigenvalue weighted by Gasteiger charge is 2.57. The summed E-state index contributed by atoms with van der Waals surface area (Å²) < 4.78 is 5.31. The number of phenols is 1. The third kappa shape index (κ3) is 3.74. The van der Waals surface area contributed by atoms with Crippen LogP contribution in [0.5, 0.6) is 5.75 Å². The van der Waals surface area contributed by atoms with Gasteiger partial charge in [-0.15, -0.1) is 0 Å². The van der Waals surface area contributed by atoms with Gasteiger partial charge >= 0.3 is 5.97 Å². The van der Waals surface area contributed by atoms with E-state index >= 15 is 0 Å². The standard InChI is InChI=1S/C25H25NO5/c1-3-11-31-25(30)23-21-18-12-16(27)9-10-17(18)19(13-20(21)28)22(23)24(29)26(2)14-15-7-5-4-6-8-15/h3-10,12,19,21-23,27H,1,11,13-14H2,2H3. The van der Waals surface area contributed by atoms with Crippen LogP contribution in [0.15, 0.2) is 61.2 Å². The number of carbonyl (C=O) groups is 3. The minimum absolute atomic E-state index is 0.00850. The van der Waals surface area contributed by atoms with Crippen LogP contribution in [0.4, 0.5) is 0 Å². The van der Waals surface area contributed by atoms with Crippen LogP contribution in [0.3, 0.4) is 0 Å². The van der Waals surface area contributed by atoms with E-state index in [-0.39, 0.29) is 30.5 Å². The molecular formula is C25H25NO5. The van der Waals surface area contributed by atoms with Crippen molar-refractivity contribution in [3.8, 4) is 5.75 Å². The molecule has 0 saturated heterocycles. The fourth-order valence-electron chi connectivity index (χ4n) is 5.00. The van der Waals surface area contributed by atoms with E-state index < -0.39 is 29.6 Å². The number of amides is 1. The molecule has 2 bridgehead atoms. The highest BCUT2D eigenvalue weighted by atomic mass is 16.5. The molecular weight excluding hydrogens is 394 g/mol. The third-order valence-corrected chi connectivity index (χ3v) is 6.29. The predicted molar refractivity (Wildman–Crippen MR) is 114 cm³/mol. The molecule has 6 nitrogen and oxygen atoms in total. The lowest BCUT2D eigenvalue weighted by Crippen LogP contribution is -2.53. The Morgan fingerprint density at radius 1 is 1.16 bits per heavy atom. The molecule has 5 rings (SSSR count). The largest absolute Gasteiger partial charge is 0.508 e. The number of hydrogen-bond acceptors (Lipinski definition) is 5. The van der Waals surface area contributed by atoms with E-state index in [1.807, 2.05) is 30.3 Å². The lowest BCUT2D eigenvalue weighted by atomic mass is 9.55. The third-order valence-electron chi connectivity index (χ3n) is 6.29. The van der Waals surface area contributed by atoms with Crippen molar-refractivity contribution in [3.63, 3.8) is 0 Å². The van der Waals surface area contributed by atoms with Crippen molar-refractivity contribution in [3.05, 3.63) is 77.9 Å². The first-order valence-corrected chi connectivity index (χ1v) is 10.3. The molecule has 2 aromatic carbocycles. The first-order valence-electron chi connectivity index (χ1n) is 10.3. The van der Waals surface area contributed by atoms with Gasteiger partial charge in [0, 0.05) is 25.9 Å². The summed E-state index contributed by atoms with van der Waals surface area (Å²) in [7, 11) is 1.71. The molecule has 4 atom stereocenters. The van der Waals surface area contributed by atoms with Crippen molar-refractivity contribution in [2.24, 2.45) is 11.8 Å². The summed E-state index contributed by atoms with van der Waals surface area (Å²) in [5.41, 5.74) is 2.45. The topological polar surface area (TPSA) is 83.9 Å². The molecule has 0 heterocycles. The van der Waals surface area contributed by atoms with Crippen LogP contribution in [0.25, 0.3) is 0 Å². The van der Waals surface area contributed by atoms with E-state index in [4.69, 9.17) is 4.74 Å². The molecule has 0 aliphatic heterocycles. The fourth-order valence-corrected chi connectivity index (χ4v) is 5.00. The molecule has 2 aromatic rings. The van der Waals surface area contributed by atoms with Crippen LogP contribution in [0.2, 0.25) is 0 Å². The second-order valence-electron chi connectivity index (χ2n) is 8.22. The van der Waals surface area contributed by atoms with Gasteiger partial charge in [0.25, 0.3) is 0 Å². The van der Waals surface area contributed by atoms with E-state index in [1.54, 1.807) is 24.1 Å². The van der Waals surface area contributed by atoms with E-state index in [2.05, 4.69) is 6.58 Å². The second-order valence-corrected chi connectivity index (χ2v) is 8.22. The summed E-state index contributed by atoms with van der Waals surface area (Å²) in [5, 5.41) is 9.98. The minimum Gasteiger partial charge on any atom is -0.508 e. The van der Waals surface area contributed by atoms with Crippen LogP contribution in [0, 0.1) is 11.8 Å². The van der Waals surface area contributed by atoms with Gasteiger partial charge in [0.05, 0.1) is 17.8 Å². The Kier molecular flexibility index (Phi) is 5.63. The molecule has 0 spiro atoms. The number of carbonyl (C=O) groups excluding carboxylic acids is 3. The molecule has 0 radical (unpaired) electrons. The average molecular weight is 419 g/mol. The van der Waals surface area contributed by atoms with Crippen LogP contribution >= 0.6 is 0 Å². The summed E-state index contributed by atoms with van der Waals surface area (Å²) in [6.45, 7) is 3.97. The number of hydrogen-bond donors (Lipinski definition) is 1. The van der Waals surface area contributed by atoms with Gasteiger partial charge in [-0.1, -0.05) is 49.1 Å². The maximum atomic E-state index is 13.6. The SMILES string of the molecule is C=CCOC(=O)C1C2C(=O)CC(c3ccc(O)cc32)C1C(=O)N(C)Cc1ccccc1. The number of fused-ring (bicyclic) bond motifs is 2. The first kappa shape index (κ1) is 20.8. The van der Waals surface area contributed by atoms with Gasteiger partial charge in [0.15, 0.2) is 0 Å². The molecule has 6 heteroatoms. The summed E-state index contributed by atoms with van der Waals surface area (Å²) in [6.07, 6.45) is 1.65. The second kappa shape index (κ2) is 8.38. The van der Waals surface area contributed by atoms with Gasteiger partial charge < -0.3 is 14.7 Å². The van der Waals surface area contributed by atoms with Gasteiger partial charge in [-0.25, -0.2) is 0 Å². The number of benzene rings is 2. The van der Waals surface area contributed by atoms with Crippen LogP contribution < -0.4 is 0 Å². The molecule has 1 fully saturated rings. The van der Waals surface area contributed by atoms with Crippen molar-refractivity contribution < 1.29 is 24.2 Å². The Balaban J connectivity index is 1.72. The number of Topliss-reactive ketones (excluding diaryl/α,β-unsaturated/α-hetero) is 1. The zero-order valence-corrected chi connectivity index (χ0v) is 17.4. The molecule has 160 valence electrons. The highest BCUT2D eigenvalue weighted by molar-refractivity contribution is 6.00. The van der Waals surface area contributed by atoms with Crippen molar-refractivity contribution >= 4 is 17.7 Å². The lowest BCUT2D eigenvalue weighted by Gasteiger charge is -2.47. The number of nitrogens with zero attached hydrogens (tertiary/aromatic N) is 1. The van der Waals surface area contributed by atoms with E-state index in [0.717, 1.165) is 11.1 Å². The molecule has 1 N–H and O–H groups in total. The molecule has 31 heavy (non-hydrogen) atoms. The van der Waals surface area contributed by atoms with Gasteiger partial charge in [0.1, 0.15) is 18.1 Å². The van der Waals surface area contributed by atoms with Crippen molar-refractivity contribution in [2.45, 2.75) is 24.8 Å². The normalized spacial score (nSPS) is 23.7. The Hall–Kier alpha value is -3.41. The van der Waals surface area contributed by atoms with Crippen molar-refractivity contribution in [1.82, 2.24) is 4.90 Å². The number of ketones is 1. The molecule has 0 aromatic heterocycles. The maximum Gasteiger partial charge on any atom is 0.311 e. The maximum absolute atomic E-state index is 13.6. The Labute approximate surface area is 181 Å². The number of phenolic OH excluding ortho intramolecular Hbond substituents is 1.